The number of hydrogen-bond donors (Lipinski definition) is 2. The number of nitrogens with zero attached hydrogens (tertiary/aromatic N) is 2. The highest BCUT2D eigenvalue weighted by molar-refractivity contribution is 5.92. The number of nitrogens with one attached hydrogen (secondary N) is 2. The molecule has 0 aliphatic rings. The van der Waals surface area contributed by atoms with E-state index in [1.54, 1.807) is 6.07 Å². The third kappa shape index (κ3) is 4.70. The zero-order valence-corrected chi connectivity index (χ0v) is 15.9. The smallest absolute Gasteiger partial charge is 0.270 e. The lowest BCUT2D eigenvalue weighted by molar-refractivity contribution is 0.0945. The molecule has 0 bridgehead atoms. The molecule has 0 radical (unpaired) electrons. The van der Waals surface area contributed by atoms with E-state index in [0.29, 0.717) is 18.2 Å². The molecule has 0 saturated heterocycles. The summed E-state index contributed by atoms with van der Waals surface area (Å²) in [6.45, 7) is 6.48. The van der Waals surface area contributed by atoms with Gasteiger partial charge in [0.15, 0.2) is 0 Å². The molecule has 138 valence electrons. The highest BCUT2D eigenvalue weighted by Crippen LogP contribution is 2.24. The minimum Gasteiger partial charge on any atom is -0.347 e. The summed E-state index contributed by atoms with van der Waals surface area (Å²) in [6, 6.07) is 17.7. The molecule has 0 unspecified atom stereocenters. The first-order valence-corrected chi connectivity index (χ1v) is 9.10. The summed E-state index contributed by atoms with van der Waals surface area (Å²) in [4.78, 5) is 21.4. The molecule has 0 aliphatic heterocycles. The van der Waals surface area contributed by atoms with Gasteiger partial charge in [-0.1, -0.05) is 55.5 Å². The highest BCUT2D eigenvalue weighted by Gasteiger charge is 2.12. The predicted octanol–water partition coefficient (Wildman–Crippen LogP) is 4.33. The van der Waals surface area contributed by atoms with Crippen molar-refractivity contribution in [2.45, 2.75) is 33.7 Å². The van der Waals surface area contributed by atoms with Gasteiger partial charge in [-0.25, -0.2) is 9.97 Å². The second-order valence-corrected chi connectivity index (χ2v) is 6.47. The molecule has 2 aromatic carbocycles. The Morgan fingerprint density at radius 2 is 1.78 bits per heavy atom. The van der Waals surface area contributed by atoms with Crippen LogP contribution < -0.4 is 10.6 Å². The Kier molecular flexibility index (Phi) is 5.81. The molecular formula is C22H24N4O. The summed E-state index contributed by atoms with van der Waals surface area (Å²) in [5.74, 6) is 0.219. The number of amides is 1. The lowest BCUT2D eigenvalue weighted by Gasteiger charge is -2.14. The van der Waals surface area contributed by atoms with Crippen molar-refractivity contribution >= 4 is 17.5 Å². The second-order valence-electron chi connectivity index (χ2n) is 6.47. The maximum atomic E-state index is 12.5. The highest BCUT2D eigenvalue weighted by atomic mass is 16.1. The van der Waals surface area contributed by atoms with Crippen LogP contribution in [0.3, 0.4) is 0 Å². The van der Waals surface area contributed by atoms with Gasteiger partial charge in [0.2, 0.25) is 5.95 Å². The van der Waals surface area contributed by atoms with Crippen molar-refractivity contribution in [3.05, 3.63) is 82.7 Å². The van der Waals surface area contributed by atoms with E-state index in [9.17, 15) is 4.79 Å². The zero-order valence-electron chi connectivity index (χ0n) is 15.9. The standard InChI is InChI=1S/C22H24N4O/c1-4-18-12-8-9-15(2)20(18)26-22-24-16(3)13-19(25-22)21(27)23-14-17-10-6-5-7-11-17/h5-13H,4,14H2,1-3H3,(H,23,27)(H,24,25,26). The summed E-state index contributed by atoms with van der Waals surface area (Å²) in [5, 5.41) is 6.21. The second kappa shape index (κ2) is 8.45. The molecule has 1 heterocycles. The SMILES string of the molecule is CCc1cccc(C)c1Nc1nc(C)cc(C(=O)NCc2ccccc2)n1. The number of para-hydroxylation sites is 1. The van der Waals surface area contributed by atoms with Gasteiger partial charge in [0.25, 0.3) is 5.91 Å². The Morgan fingerprint density at radius 1 is 1.00 bits per heavy atom. The van der Waals surface area contributed by atoms with Crippen molar-refractivity contribution in [1.82, 2.24) is 15.3 Å². The van der Waals surface area contributed by atoms with Crippen molar-refractivity contribution in [2.24, 2.45) is 0 Å². The molecule has 0 saturated carbocycles. The third-order valence-electron chi connectivity index (χ3n) is 4.36. The molecule has 1 amide bonds. The van der Waals surface area contributed by atoms with E-state index in [1.807, 2.05) is 56.3 Å². The molecule has 0 spiro atoms. The van der Waals surface area contributed by atoms with Gasteiger partial charge in [0, 0.05) is 17.9 Å². The Morgan fingerprint density at radius 3 is 2.52 bits per heavy atom. The van der Waals surface area contributed by atoms with Crippen LogP contribution in [-0.4, -0.2) is 15.9 Å². The number of anilines is 2. The van der Waals surface area contributed by atoms with Crippen LogP contribution in [0, 0.1) is 13.8 Å². The molecule has 3 aromatic rings. The van der Waals surface area contributed by atoms with Crippen molar-refractivity contribution in [3.63, 3.8) is 0 Å². The number of carbonyl (C=O) groups is 1. The Bertz CT molecular complexity index is 938. The van der Waals surface area contributed by atoms with Crippen molar-refractivity contribution < 1.29 is 4.79 Å². The number of aromatic nitrogens is 2. The van der Waals surface area contributed by atoms with Gasteiger partial charge in [0.1, 0.15) is 5.69 Å². The van der Waals surface area contributed by atoms with Crippen molar-refractivity contribution in [3.8, 4) is 0 Å². The van der Waals surface area contributed by atoms with Crippen LogP contribution in [0.5, 0.6) is 0 Å². The number of carbonyl (C=O) groups excluding carboxylic acids is 1. The van der Waals surface area contributed by atoms with E-state index in [-0.39, 0.29) is 5.91 Å². The fraction of sp³-hybridized carbons (Fsp3) is 0.227. The first-order chi connectivity index (χ1) is 13.1. The quantitative estimate of drug-likeness (QED) is 0.687. The first-order valence-electron chi connectivity index (χ1n) is 9.10. The first kappa shape index (κ1) is 18.6. The zero-order chi connectivity index (χ0) is 19.2. The molecule has 5 heteroatoms. The molecule has 3 rings (SSSR count). The van der Waals surface area contributed by atoms with Crippen LogP contribution in [0.25, 0.3) is 0 Å². The van der Waals surface area contributed by atoms with Gasteiger partial charge in [-0.2, -0.15) is 0 Å². The van der Waals surface area contributed by atoms with Crippen LogP contribution in [0.1, 0.15) is 39.8 Å². The van der Waals surface area contributed by atoms with E-state index in [2.05, 4.69) is 33.6 Å². The number of benzene rings is 2. The molecule has 5 nitrogen and oxygen atoms in total. The van der Waals surface area contributed by atoms with Crippen LogP contribution >= 0.6 is 0 Å². The van der Waals surface area contributed by atoms with Gasteiger partial charge in [-0.15, -0.1) is 0 Å². The van der Waals surface area contributed by atoms with Crippen LogP contribution in [0.2, 0.25) is 0 Å². The Hall–Kier alpha value is -3.21. The maximum Gasteiger partial charge on any atom is 0.270 e. The molecule has 27 heavy (non-hydrogen) atoms. The van der Waals surface area contributed by atoms with Crippen molar-refractivity contribution in [1.29, 1.82) is 0 Å². The normalized spacial score (nSPS) is 10.5. The predicted molar refractivity (Wildman–Crippen MR) is 108 cm³/mol. The topological polar surface area (TPSA) is 66.9 Å². The summed E-state index contributed by atoms with van der Waals surface area (Å²) in [5.41, 5.74) is 5.45. The lowest BCUT2D eigenvalue weighted by Crippen LogP contribution is -2.24. The number of rotatable bonds is 6. The van der Waals surface area contributed by atoms with Crippen LogP contribution in [0.4, 0.5) is 11.6 Å². The Balaban J connectivity index is 1.79. The van der Waals surface area contributed by atoms with E-state index < -0.39 is 0 Å². The fourth-order valence-corrected chi connectivity index (χ4v) is 2.92. The molecule has 2 N–H and O–H groups in total. The third-order valence-corrected chi connectivity index (χ3v) is 4.36. The summed E-state index contributed by atoms with van der Waals surface area (Å²) in [7, 11) is 0. The van der Waals surface area contributed by atoms with Gasteiger partial charge in [-0.3, -0.25) is 4.79 Å². The molecule has 0 atom stereocenters. The van der Waals surface area contributed by atoms with E-state index in [4.69, 9.17) is 0 Å². The van der Waals surface area contributed by atoms with E-state index in [0.717, 1.165) is 28.9 Å². The summed E-state index contributed by atoms with van der Waals surface area (Å²) in [6.07, 6.45) is 0.903. The molecule has 0 fully saturated rings. The average Bonchev–Trinajstić information content (AvgIpc) is 2.68. The van der Waals surface area contributed by atoms with Gasteiger partial charge in [0.05, 0.1) is 0 Å². The monoisotopic (exact) mass is 360 g/mol. The average molecular weight is 360 g/mol. The molecular weight excluding hydrogens is 336 g/mol. The number of hydrogen-bond acceptors (Lipinski definition) is 4. The molecule has 1 aromatic heterocycles. The fourth-order valence-electron chi connectivity index (χ4n) is 2.92. The minimum atomic E-state index is -0.215. The largest absolute Gasteiger partial charge is 0.347 e. The lowest BCUT2D eigenvalue weighted by atomic mass is 10.1. The van der Waals surface area contributed by atoms with Crippen molar-refractivity contribution in [2.75, 3.05) is 5.32 Å². The minimum absolute atomic E-state index is 0.215. The maximum absolute atomic E-state index is 12.5. The van der Waals surface area contributed by atoms with Crippen LogP contribution in [-0.2, 0) is 13.0 Å². The summed E-state index contributed by atoms with van der Waals surface area (Å²) >= 11 is 0. The van der Waals surface area contributed by atoms with Gasteiger partial charge >= 0.3 is 0 Å². The molecule has 0 aliphatic carbocycles. The van der Waals surface area contributed by atoms with Gasteiger partial charge in [-0.05, 0) is 43.0 Å². The van der Waals surface area contributed by atoms with Crippen LogP contribution in [0.15, 0.2) is 54.6 Å². The van der Waals surface area contributed by atoms with E-state index >= 15 is 0 Å². The number of aryl methyl sites for hydroxylation is 3. The van der Waals surface area contributed by atoms with Gasteiger partial charge < -0.3 is 10.6 Å². The van der Waals surface area contributed by atoms with E-state index in [1.165, 1.54) is 5.56 Å². The Labute approximate surface area is 159 Å². The summed E-state index contributed by atoms with van der Waals surface area (Å²) < 4.78 is 0.